The second-order valence-corrected chi connectivity index (χ2v) is 7.42. The molecule has 0 atom stereocenters. The Morgan fingerprint density at radius 3 is 2.54 bits per heavy atom. The molecule has 0 heterocycles. The van der Waals surface area contributed by atoms with E-state index in [4.69, 9.17) is 4.74 Å². The van der Waals surface area contributed by atoms with E-state index in [1.807, 2.05) is 30.3 Å². The highest BCUT2D eigenvalue weighted by Crippen LogP contribution is 2.29. The SMILES string of the molecule is COc1cccc(CCNC(=O)CCNc2ccccc2C(C)(C)C)c1. The van der Waals surface area contributed by atoms with Gasteiger partial charge in [0.05, 0.1) is 7.11 Å². The van der Waals surface area contributed by atoms with Gasteiger partial charge in [-0.05, 0) is 41.2 Å². The van der Waals surface area contributed by atoms with Crippen molar-refractivity contribution in [1.29, 1.82) is 0 Å². The Balaban J connectivity index is 1.74. The Hall–Kier alpha value is -2.49. The van der Waals surface area contributed by atoms with Gasteiger partial charge < -0.3 is 15.4 Å². The first kappa shape index (κ1) is 19.8. The molecule has 0 fully saturated rings. The van der Waals surface area contributed by atoms with Gasteiger partial charge in [0.15, 0.2) is 0 Å². The molecule has 4 nitrogen and oxygen atoms in total. The fourth-order valence-electron chi connectivity index (χ4n) is 2.86. The quantitative estimate of drug-likeness (QED) is 0.749. The van der Waals surface area contributed by atoms with Crippen molar-refractivity contribution < 1.29 is 9.53 Å². The zero-order valence-corrected chi connectivity index (χ0v) is 16.3. The molecule has 4 heteroatoms. The molecule has 2 aromatic carbocycles. The van der Waals surface area contributed by atoms with Gasteiger partial charge in [0.1, 0.15) is 5.75 Å². The Morgan fingerprint density at radius 2 is 1.81 bits per heavy atom. The van der Waals surface area contributed by atoms with Crippen LogP contribution in [0, 0.1) is 0 Å². The number of para-hydroxylation sites is 1. The summed E-state index contributed by atoms with van der Waals surface area (Å²) in [6.45, 7) is 7.83. The standard InChI is InChI=1S/C22H30N2O2/c1-22(2,3)19-10-5-6-11-20(19)23-15-13-21(25)24-14-12-17-8-7-9-18(16-17)26-4/h5-11,16,23H,12-15H2,1-4H3,(H,24,25). The van der Waals surface area contributed by atoms with Crippen LogP contribution in [-0.2, 0) is 16.6 Å². The lowest BCUT2D eigenvalue weighted by molar-refractivity contribution is -0.120. The molecule has 26 heavy (non-hydrogen) atoms. The highest BCUT2D eigenvalue weighted by molar-refractivity contribution is 5.76. The molecule has 0 unspecified atom stereocenters. The summed E-state index contributed by atoms with van der Waals surface area (Å²) >= 11 is 0. The summed E-state index contributed by atoms with van der Waals surface area (Å²) in [6.07, 6.45) is 1.25. The first-order chi connectivity index (χ1) is 12.4. The van der Waals surface area contributed by atoms with E-state index in [-0.39, 0.29) is 11.3 Å². The van der Waals surface area contributed by atoms with E-state index in [2.05, 4.69) is 49.6 Å². The second kappa shape index (κ2) is 9.27. The molecule has 2 aromatic rings. The number of carbonyl (C=O) groups excluding carboxylic acids is 1. The minimum Gasteiger partial charge on any atom is -0.497 e. The summed E-state index contributed by atoms with van der Waals surface area (Å²) in [5, 5.41) is 6.38. The maximum Gasteiger partial charge on any atom is 0.221 e. The van der Waals surface area contributed by atoms with Crippen LogP contribution in [0.1, 0.15) is 38.3 Å². The highest BCUT2D eigenvalue weighted by atomic mass is 16.5. The van der Waals surface area contributed by atoms with E-state index in [9.17, 15) is 4.79 Å². The van der Waals surface area contributed by atoms with Gasteiger partial charge in [-0.1, -0.05) is 51.1 Å². The zero-order chi connectivity index (χ0) is 19.0. The topological polar surface area (TPSA) is 50.4 Å². The van der Waals surface area contributed by atoms with Gasteiger partial charge in [0.25, 0.3) is 0 Å². The van der Waals surface area contributed by atoms with Crippen LogP contribution in [0.3, 0.4) is 0 Å². The van der Waals surface area contributed by atoms with Crippen molar-refractivity contribution in [2.45, 2.75) is 39.0 Å². The number of hydrogen-bond donors (Lipinski definition) is 2. The number of hydrogen-bond acceptors (Lipinski definition) is 3. The molecule has 0 aliphatic rings. The first-order valence-electron chi connectivity index (χ1n) is 9.13. The number of nitrogens with one attached hydrogen (secondary N) is 2. The van der Waals surface area contributed by atoms with E-state index >= 15 is 0 Å². The normalized spacial score (nSPS) is 11.1. The Bertz CT molecular complexity index is 720. The van der Waals surface area contributed by atoms with Gasteiger partial charge in [-0.3, -0.25) is 4.79 Å². The monoisotopic (exact) mass is 354 g/mol. The van der Waals surface area contributed by atoms with Crippen LogP contribution in [0.4, 0.5) is 5.69 Å². The first-order valence-corrected chi connectivity index (χ1v) is 9.13. The molecular weight excluding hydrogens is 324 g/mol. The minimum atomic E-state index is 0.0636. The minimum absolute atomic E-state index is 0.0636. The molecule has 0 saturated carbocycles. The molecule has 2 N–H and O–H groups in total. The Labute approximate surface area is 157 Å². The highest BCUT2D eigenvalue weighted by Gasteiger charge is 2.17. The average molecular weight is 354 g/mol. The summed E-state index contributed by atoms with van der Waals surface area (Å²) in [6, 6.07) is 16.2. The fourth-order valence-corrected chi connectivity index (χ4v) is 2.86. The van der Waals surface area contributed by atoms with Crippen molar-refractivity contribution in [1.82, 2.24) is 5.32 Å². The number of amides is 1. The van der Waals surface area contributed by atoms with Crippen molar-refractivity contribution in [3.63, 3.8) is 0 Å². The molecule has 1 amide bonds. The van der Waals surface area contributed by atoms with Gasteiger partial charge in [-0.2, -0.15) is 0 Å². The largest absolute Gasteiger partial charge is 0.497 e. The third-order valence-electron chi connectivity index (χ3n) is 4.27. The van der Waals surface area contributed by atoms with Crippen LogP contribution in [0.25, 0.3) is 0 Å². The van der Waals surface area contributed by atoms with Crippen molar-refractivity contribution in [3.8, 4) is 5.75 Å². The van der Waals surface area contributed by atoms with Crippen LogP contribution >= 0.6 is 0 Å². The summed E-state index contributed by atoms with van der Waals surface area (Å²) < 4.78 is 5.22. The Morgan fingerprint density at radius 1 is 1.04 bits per heavy atom. The van der Waals surface area contributed by atoms with Gasteiger partial charge in [0, 0.05) is 25.2 Å². The second-order valence-electron chi connectivity index (χ2n) is 7.42. The summed E-state index contributed by atoms with van der Waals surface area (Å²) in [5.74, 6) is 0.907. The molecule has 0 bridgehead atoms. The maximum atomic E-state index is 12.1. The lowest BCUT2D eigenvalue weighted by Gasteiger charge is -2.23. The van der Waals surface area contributed by atoms with E-state index in [0.717, 1.165) is 23.4 Å². The van der Waals surface area contributed by atoms with Crippen LogP contribution in [0.2, 0.25) is 0 Å². The van der Waals surface area contributed by atoms with Gasteiger partial charge in [-0.25, -0.2) is 0 Å². The zero-order valence-electron chi connectivity index (χ0n) is 16.3. The molecule has 0 saturated heterocycles. The number of methoxy groups -OCH3 is 1. The number of ether oxygens (including phenoxy) is 1. The third kappa shape index (κ3) is 6.10. The molecule has 0 aromatic heterocycles. The predicted molar refractivity (Wildman–Crippen MR) is 108 cm³/mol. The summed E-state index contributed by atoms with van der Waals surface area (Å²) in [4.78, 5) is 12.1. The molecule has 140 valence electrons. The Kier molecular flexibility index (Phi) is 7.07. The van der Waals surface area contributed by atoms with Crippen molar-refractivity contribution in [2.24, 2.45) is 0 Å². The third-order valence-corrected chi connectivity index (χ3v) is 4.27. The molecule has 2 rings (SSSR count). The van der Waals surface area contributed by atoms with Crippen molar-refractivity contribution in [2.75, 3.05) is 25.5 Å². The number of benzene rings is 2. The van der Waals surface area contributed by atoms with Gasteiger partial charge in [-0.15, -0.1) is 0 Å². The average Bonchev–Trinajstić information content (AvgIpc) is 2.61. The van der Waals surface area contributed by atoms with Crippen LogP contribution in [0.5, 0.6) is 5.75 Å². The van der Waals surface area contributed by atoms with Crippen LogP contribution in [-0.4, -0.2) is 26.1 Å². The number of rotatable bonds is 8. The molecule has 0 spiro atoms. The lowest BCUT2D eigenvalue weighted by atomic mass is 9.86. The smallest absolute Gasteiger partial charge is 0.221 e. The van der Waals surface area contributed by atoms with E-state index in [1.165, 1.54) is 5.56 Å². The summed E-state index contributed by atoms with van der Waals surface area (Å²) in [5.41, 5.74) is 3.59. The van der Waals surface area contributed by atoms with E-state index < -0.39 is 0 Å². The lowest BCUT2D eigenvalue weighted by Crippen LogP contribution is -2.27. The van der Waals surface area contributed by atoms with Crippen LogP contribution in [0.15, 0.2) is 48.5 Å². The van der Waals surface area contributed by atoms with Crippen molar-refractivity contribution >= 4 is 11.6 Å². The van der Waals surface area contributed by atoms with Gasteiger partial charge in [0.2, 0.25) is 5.91 Å². The molecular formula is C22H30N2O2. The molecule has 0 radical (unpaired) electrons. The maximum absolute atomic E-state index is 12.1. The fraction of sp³-hybridized carbons (Fsp3) is 0.409. The van der Waals surface area contributed by atoms with E-state index in [0.29, 0.717) is 19.5 Å². The predicted octanol–water partition coefficient (Wildman–Crippen LogP) is 4.15. The van der Waals surface area contributed by atoms with Crippen molar-refractivity contribution in [3.05, 3.63) is 59.7 Å². The molecule has 0 aliphatic heterocycles. The van der Waals surface area contributed by atoms with E-state index in [1.54, 1.807) is 7.11 Å². The molecule has 0 aliphatic carbocycles. The number of anilines is 1. The van der Waals surface area contributed by atoms with Crippen LogP contribution < -0.4 is 15.4 Å². The summed E-state index contributed by atoms with van der Waals surface area (Å²) in [7, 11) is 1.66. The number of carbonyl (C=O) groups is 1. The van der Waals surface area contributed by atoms with Gasteiger partial charge >= 0.3 is 0 Å².